The third kappa shape index (κ3) is 25.6. The Morgan fingerprint density at radius 3 is 1.19 bits per heavy atom. The average molecular weight is 392 g/mol. The average Bonchev–Trinajstić information content (AvgIpc) is 2.47. The maximum absolute atomic E-state index is 10.1. The summed E-state index contributed by atoms with van der Waals surface area (Å²) in [5, 5.41) is 20.2. The SMILES string of the molecule is NC(N)=NCCC[C@H](N)C(=O)[O-].NC(N)=NCCC[C@H](N)C(=O)[O-].[Na+].[Na+]. The predicted molar refractivity (Wildman–Crippen MR) is 85.8 cm³/mol. The van der Waals surface area contributed by atoms with Crippen molar-refractivity contribution in [1.29, 1.82) is 0 Å². The van der Waals surface area contributed by atoms with Crippen LogP contribution >= 0.6 is 0 Å². The molecule has 26 heavy (non-hydrogen) atoms. The molecule has 0 aromatic carbocycles. The van der Waals surface area contributed by atoms with Crippen LogP contribution in [0.25, 0.3) is 0 Å². The van der Waals surface area contributed by atoms with Gasteiger partial charge in [-0.3, -0.25) is 9.98 Å². The van der Waals surface area contributed by atoms with Gasteiger partial charge in [0.15, 0.2) is 11.9 Å². The number of nitrogens with two attached hydrogens (primary N) is 6. The minimum Gasteiger partial charge on any atom is -0.548 e. The Morgan fingerprint density at radius 2 is 1.00 bits per heavy atom. The molecule has 0 unspecified atom stereocenters. The summed E-state index contributed by atoms with van der Waals surface area (Å²) in [5.74, 6) is -2.51. The fourth-order valence-electron chi connectivity index (χ4n) is 1.27. The number of carbonyl (C=O) groups excluding carboxylic acids is 2. The van der Waals surface area contributed by atoms with Gasteiger partial charge in [-0.25, -0.2) is 0 Å². The molecule has 0 amide bonds. The summed E-state index contributed by atoms with van der Waals surface area (Å²) in [7, 11) is 0. The Balaban J connectivity index is -0.000000173. The first kappa shape index (κ1) is 33.0. The predicted octanol–water partition coefficient (Wildman–Crippen LogP) is -11.8. The van der Waals surface area contributed by atoms with Gasteiger partial charge < -0.3 is 54.2 Å². The summed E-state index contributed by atoms with van der Waals surface area (Å²) >= 11 is 0. The summed E-state index contributed by atoms with van der Waals surface area (Å²) in [4.78, 5) is 27.5. The first-order valence-corrected chi connectivity index (χ1v) is 7.11. The largest absolute Gasteiger partial charge is 1.00 e. The number of carboxylic acids is 2. The van der Waals surface area contributed by atoms with Crippen molar-refractivity contribution >= 4 is 23.9 Å². The topological polar surface area (TPSA) is 261 Å². The molecule has 0 rings (SSSR count). The fraction of sp³-hybridized carbons (Fsp3) is 0.667. The van der Waals surface area contributed by atoms with Gasteiger partial charge in [0.05, 0.1) is 11.9 Å². The van der Waals surface area contributed by atoms with E-state index in [1.807, 2.05) is 0 Å². The van der Waals surface area contributed by atoms with Crippen molar-refractivity contribution in [3.63, 3.8) is 0 Å². The van der Waals surface area contributed by atoms with E-state index in [2.05, 4.69) is 9.98 Å². The molecule has 0 saturated heterocycles. The Kier molecular flexibility index (Phi) is 26.3. The number of carboxylic acid groups (broad SMARTS) is 2. The molecule has 0 aromatic rings. The molecule has 12 nitrogen and oxygen atoms in total. The van der Waals surface area contributed by atoms with Crippen molar-refractivity contribution < 1.29 is 78.9 Å². The van der Waals surface area contributed by atoms with Gasteiger partial charge in [-0.15, -0.1) is 0 Å². The molecule has 0 bridgehead atoms. The molecule has 0 saturated carbocycles. The fourth-order valence-corrected chi connectivity index (χ4v) is 1.27. The Morgan fingerprint density at radius 1 is 0.731 bits per heavy atom. The maximum atomic E-state index is 10.1. The maximum Gasteiger partial charge on any atom is 1.00 e. The van der Waals surface area contributed by atoms with Crippen molar-refractivity contribution in [3.8, 4) is 0 Å². The first-order valence-electron chi connectivity index (χ1n) is 7.11. The van der Waals surface area contributed by atoms with E-state index in [4.69, 9.17) is 34.4 Å². The summed E-state index contributed by atoms with van der Waals surface area (Å²) in [6.45, 7) is 0.784. The Labute approximate surface area is 196 Å². The van der Waals surface area contributed by atoms with Gasteiger partial charge in [-0.1, -0.05) is 0 Å². The summed E-state index contributed by atoms with van der Waals surface area (Å²) in [6.07, 6.45) is 1.71. The van der Waals surface area contributed by atoms with Gasteiger partial charge in [-0.2, -0.15) is 0 Å². The van der Waals surface area contributed by atoms with Gasteiger partial charge in [0.25, 0.3) is 0 Å². The third-order valence-electron chi connectivity index (χ3n) is 2.54. The van der Waals surface area contributed by atoms with Crippen LogP contribution in [-0.4, -0.2) is 49.0 Å². The molecule has 0 aliphatic heterocycles. The van der Waals surface area contributed by atoms with Crippen LogP contribution < -0.4 is 104 Å². The van der Waals surface area contributed by atoms with Crippen molar-refractivity contribution in [2.75, 3.05) is 13.1 Å². The van der Waals surface area contributed by atoms with E-state index in [9.17, 15) is 19.8 Å². The molecule has 0 spiro atoms. The summed E-state index contributed by atoms with van der Waals surface area (Å²) in [5.41, 5.74) is 30.5. The van der Waals surface area contributed by atoms with Gasteiger partial charge in [-0.05, 0) is 25.7 Å². The van der Waals surface area contributed by atoms with Gasteiger partial charge in [0.2, 0.25) is 0 Å². The molecule has 140 valence electrons. The van der Waals surface area contributed by atoms with Gasteiger partial charge in [0, 0.05) is 25.2 Å². The summed E-state index contributed by atoms with van der Waals surface area (Å²) < 4.78 is 0. The van der Waals surface area contributed by atoms with E-state index >= 15 is 0 Å². The smallest absolute Gasteiger partial charge is 0.548 e. The molecular formula is C12H26N8Na2O4. The molecule has 0 heterocycles. The number of hydrogen-bond donors (Lipinski definition) is 6. The monoisotopic (exact) mass is 392 g/mol. The molecule has 0 aliphatic rings. The van der Waals surface area contributed by atoms with Crippen LogP contribution in [0, 0.1) is 0 Å². The number of rotatable bonds is 10. The minimum atomic E-state index is -1.25. The van der Waals surface area contributed by atoms with E-state index in [-0.39, 0.29) is 71.0 Å². The van der Waals surface area contributed by atoms with E-state index in [0.29, 0.717) is 38.8 Å². The van der Waals surface area contributed by atoms with E-state index in [1.54, 1.807) is 0 Å². The quantitative estimate of drug-likeness (QED) is 0.0884. The normalized spacial score (nSPS) is 11.2. The van der Waals surface area contributed by atoms with Crippen LogP contribution in [0.15, 0.2) is 9.98 Å². The van der Waals surface area contributed by atoms with E-state index in [1.165, 1.54) is 0 Å². The molecule has 0 aliphatic carbocycles. The van der Waals surface area contributed by atoms with Crippen molar-refractivity contribution in [1.82, 2.24) is 0 Å². The van der Waals surface area contributed by atoms with Crippen LogP contribution in [-0.2, 0) is 9.59 Å². The van der Waals surface area contributed by atoms with Crippen LogP contribution in [0.4, 0.5) is 0 Å². The van der Waals surface area contributed by atoms with Gasteiger partial charge in [0.1, 0.15) is 0 Å². The number of aliphatic imine (C=N–C) groups is 2. The zero-order valence-corrected chi connectivity index (χ0v) is 19.4. The molecule has 14 heteroatoms. The summed E-state index contributed by atoms with van der Waals surface area (Å²) in [6, 6.07) is -1.86. The van der Waals surface area contributed by atoms with Crippen molar-refractivity contribution in [2.24, 2.45) is 44.4 Å². The number of nitrogens with zero attached hydrogens (tertiary/aromatic N) is 2. The number of aliphatic carboxylic acids is 2. The van der Waals surface area contributed by atoms with Crippen LogP contribution in [0.5, 0.6) is 0 Å². The van der Waals surface area contributed by atoms with Crippen molar-refractivity contribution in [2.45, 2.75) is 37.8 Å². The van der Waals surface area contributed by atoms with Crippen LogP contribution in [0.3, 0.4) is 0 Å². The first-order chi connectivity index (χ1) is 11.1. The van der Waals surface area contributed by atoms with Gasteiger partial charge >= 0.3 is 59.1 Å². The van der Waals surface area contributed by atoms with E-state index in [0.717, 1.165) is 0 Å². The third-order valence-corrected chi connectivity index (χ3v) is 2.54. The zero-order chi connectivity index (χ0) is 19.1. The minimum absolute atomic E-state index is 0. The Bertz CT molecular complexity index is 403. The second-order valence-corrected chi connectivity index (χ2v) is 4.75. The molecule has 2 atom stereocenters. The standard InChI is InChI=1S/2C6H14N4O2.2Na/c2*7-4(5(11)12)2-1-3-10-6(8)9;;/h2*4H,1-3,7H2,(H,11,12)(H4,8,9,10);;/q;;2*+1/p-2/t2*4-;;/m00../s1. The number of hydrogen-bond acceptors (Lipinski definition) is 8. The second-order valence-electron chi connectivity index (χ2n) is 4.75. The van der Waals surface area contributed by atoms with Crippen LogP contribution in [0.2, 0.25) is 0 Å². The number of carbonyl (C=O) groups is 2. The van der Waals surface area contributed by atoms with E-state index < -0.39 is 24.0 Å². The molecule has 0 radical (unpaired) electrons. The molecule has 0 fully saturated rings. The molecule has 12 N–H and O–H groups in total. The molecule has 0 aromatic heterocycles. The van der Waals surface area contributed by atoms with Crippen molar-refractivity contribution in [3.05, 3.63) is 0 Å². The zero-order valence-electron chi connectivity index (χ0n) is 15.4. The Hall–Kier alpha value is -0.600. The number of guanidine groups is 2. The second kappa shape index (κ2) is 20.7. The molecular weight excluding hydrogens is 366 g/mol. The van der Waals surface area contributed by atoms with Crippen LogP contribution in [0.1, 0.15) is 25.7 Å².